The van der Waals surface area contributed by atoms with Crippen LogP contribution in [0.2, 0.25) is 0 Å². The number of ketones is 1. The molecule has 0 aromatic carbocycles. The summed E-state index contributed by atoms with van der Waals surface area (Å²) in [6, 6.07) is 1.83. The summed E-state index contributed by atoms with van der Waals surface area (Å²) in [5.74, 6) is -0.750. The number of rotatable bonds is 9. The van der Waals surface area contributed by atoms with Gasteiger partial charge in [0.25, 0.3) is 5.92 Å². The average molecular weight is 464 g/mol. The molecule has 0 atom stereocenters. The molecule has 182 valence electrons. The molecule has 0 amide bonds. The maximum absolute atomic E-state index is 13.8. The first-order valence-electron chi connectivity index (χ1n) is 12.3. The van der Waals surface area contributed by atoms with Gasteiger partial charge in [-0.15, -0.1) is 0 Å². The quantitative estimate of drug-likeness (QED) is 0.478. The summed E-state index contributed by atoms with van der Waals surface area (Å²) < 4.78 is 37.6. The molecule has 1 saturated heterocycles. The van der Waals surface area contributed by atoms with Crippen LogP contribution in [0.3, 0.4) is 0 Å². The summed E-state index contributed by atoms with van der Waals surface area (Å²) >= 11 is 0. The smallest absolute Gasteiger partial charge is 0.275 e. The molecule has 8 heteroatoms. The summed E-state index contributed by atoms with van der Waals surface area (Å²) in [7, 11) is 0. The van der Waals surface area contributed by atoms with Crippen LogP contribution in [0.25, 0.3) is 0 Å². The van der Waals surface area contributed by atoms with E-state index in [0.29, 0.717) is 36.1 Å². The van der Waals surface area contributed by atoms with Gasteiger partial charge in [-0.25, -0.2) is 8.78 Å². The molecule has 1 saturated carbocycles. The molecule has 2 aromatic rings. The molecule has 0 N–H and O–H groups in total. The van der Waals surface area contributed by atoms with Crippen molar-refractivity contribution in [3.05, 3.63) is 35.0 Å². The van der Waals surface area contributed by atoms with Crippen molar-refractivity contribution < 1.29 is 22.6 Å². The highest BCUT2D eigenvalue weighted by Gasteiger charge is 2.35. The third-order valence-corrected chi connectivity index (χ3v) is 7.43. The Bertz CT molecular complexity index is 904. The van der Waals surface area contributed by atoms with Gasteiger partial charge in [0, 0.05) is 25.3 Å². The monoisotopic (exact) mass is 463 g/mol. The maximum atomic E-state index is 13.8. The lowest BCUT2D eigenvalue weighted by Gasteiger charge is -2.34. The lowest BCUT2D eigenvalue weighted by Crippen LogP contribution is -2.35. The van der Waals surface area contributed by atoms with Crippen molar-refractivity contribution >= 4 is 5.78 Å². The highest BCUT2D eigenvalue weighted by molar-refractivity contribution is 5.80. The van der Waals surface area contributed by atoms with E-state index >= 15 is 0 Å². The largest absolute Gasteiger partial charge is 0.364 e. The predicted molar refractivity (Wildman–Crippen MR) is 119 cm³/mol. The molecule has 2 aromatic heterocycles. The standard InChI is InChI=1S/C25H35F2N3O3/c1-17-13-22(33-28-17)15-21(31)14-19-5-3-18(4-6-19)7-10-30-11-8-20(9-12-30)24-23(16-32-29-24)25(2,26)27/h13,16,18-20H,3-12,14-15H2,1-2H3. The molecule has 0 unspecified atom stereocenters. The van der Waals surface area contributed by atoms with Gasteiger partial charge in [0.05, 0.1) is 23.4 Å². The molecular formula is C25H35F2N3O3. The molecule has 0 radical (unpaired) electrons. The number of carbonyl (C=O) groups is 1. The van der Waals surface area contributed by atoms with Gasteiger partial charge in [-0.3, -0.25) is 4.79 Å². The Morgan fingerprint density at radius 3 is 2.45 bits per heavy atom. The second-order valence-corrected chi connectivity index (χ2v) is 10.1. The van der Waals surface area contributed by atoms with Gasteiger partial charge < -0.3 is 13.9 Å². The van der Waals surface area contributed by atoms with E-state index in [2.05, 4.69) is 15.2 Å². The Morgan fingerprint density at radius 1 is 1.12 bits per heavy atom. The van der Waals surface area contributed by atoms with Gasteiger partial charge in [-0.05, 0) is 70.5 Å². The van der Waals surface area contributed by atoms with Gasteiger partial charge in [-0.1, -0.05) is 23.2 Å². The lowest BCUT2D eigenvalue weighted by molar-refractivity contribution is -0.119. The Kier molecular flexibility index (Phi) is 7.62. The minimum absolute atomic E-state index is 0.0506. The minimum atomic E-state index is -2.91. The van der Waals surface area contributed by atoms with Crippen LogP contribution < -0.4 is 0 Å². The number of carbonyl (C=O) groups excluding carboxylic acids is 1. The predicted octanol–water partition coefficient (Wildman–Crippen LogP) is 5.66. The van der Waals surface area contributed by atoms with Crippen molar-refractivity contribution in [1.29, 1.82) is 0 Å². The van der Waals surface area contributed by atoms with Crippen LogP contribution >= 0.6 is 0 Å². The SMILES string of the molecule is Cc1cc(CC(=O)CC2CCC(CCN3CCC(c4nocc4C(C)(F)F)CC3)CC2)on1. The summed E-state index contributed by atoms with van der Waals surface area (Å²) in [6.07, 6.45) is 9.55. The Labute approximate surface area is 194 Å². The molecular weight excluding hydrogens is 428 g/mol. The van der Waals surface area contributed by atoms with Gasteiger partial charge in [0.2, 0.25) is 0 Å². The van der Waals surface area contributed by atoms with Gasteiger partial charge in [-0.2, -0.15) is 0 Å². The zero-order valence-corrected chi connectivity index (χ0v) is 19.7. The number of likely N-dealkylation sites (tertiary alicyclic amines) is 1. The number of hydrogen-bond donors (Lipinski definition) is 0. The second kappa shape index (κ2) is 10.5. The number of aromatic nitrogens is 2. The van der Waals surface area contributed by atoms with Crippen LogP contribution in [-0.2, 0) is 17.1 Å². The van der Waals surface area contributed by atoms with Gasteiger partial charge in [0.15, 0.2) is 0 Å². The zero-order chi connectivity index (χ0) is 23.4. The third kappa shape index (κ3) is 6.49. The number of Topliss-reactive ketones (excluding diaryl/α,β-unsaturated/α-hetero) is 1. The normalized spacial score (nSPS) is 23.2. The summed E-state index contributed by atoms with van der Waals surface area (Å²) in [5.41, 5.74) is 1.19. The molecule has 2 aliphatic rings. The van der Waals surface area contributed by atoms with Gasteiger partial charge in [0.1, 0.15) is 17.8 Å². The first-order valence-corrected chi connectivity index (χ1v) is 12.3. The molecule has 6 nitrogen and oxygen atoms in total. The highest BCUT2D eigenvalue weighted by atomic mass is 19.3. The van der Waals surface area contributed by atoms with Crippen molar-refractivity contribution in [3.63, 3.8) is 0 Å². The van der Waals surface area contributed by atoms with Crippen molar-refractivity contribution in [3.8, 4) is 0 Å². The first kappa shape index (κ1) is 24.0. The lowest BCUT2D eigenvalue weighted by atomic mass is 9.78. The van der Waals surface area contributed by atoms with Gasteiger partial charge >= 0.3 is 0 Å². The van der Waals surface area contributed by atoms with Crippen LogP contribution in [-0.4, -0.2) is 40.6 Å². The van der Waals surface area contributed by atoms with Crippen molar-refractivity contribution in [2.75, 3.05) is 19.6 Å². The van der Waals surface area contributed by atoms with E-state index in [1.807, 2.05) is 13.0 Å². The van der Waals surface area contributed by atoms with E-state index in [9.17, 15) is 13.6 Å². The van der Waals surface area contributed by atoms with Crippen LogP contribution in [0.4, 0.5) is 8.78 Å². The van der Waals surface area contributed by atoms with E-state index in [-0.39, 0.29) is 17.3 Å². The molecule has 2 fully saturated rings. The van der Waals surface area contributed by atoms with E-state index in [1.165, 1.54) is 19.3 Å². The summed E-state index contributed by atoms with van der Waals surface area (Å²) in [6.45, 7) is 5.65. The Balaban J connectivity index is 1.13. The van der Waals surface area contributed by atoms with Crippen molar-refractivity contribution in [1.82, 2.24) is 15.2 Å². The Morgan fingerprint density at radius 2 is 1.82 bits per heavy atom. The number of alkyl halides is 2. The Hall–Kier alpha value is -2.09. The first-order chi connectivity index (χ1) is 15.8. The third-order valence-electron chi connectivity index (χ3n) is 7.43. The minimum Gasteiger partial charge on any atom is -0.364 e. The number of piperidine rings is 1. The zero-order valence-electron chi connectivity index (χ0n) is 19.7. The highest BCUT2D eigenvalue weighted by Crippen LogP contribution is 2.37. The average Bonchev–Trinajstić information content (AvgIpc) is 3.43. The van der Waals surface area contributed by atoms with E-state index in [4.69, 9.17) is 9.05 Å². The fourth-order valence-electron chi connectivity index (χ4n) is 5.48. The molecule has 1 aliphatic carbocycles. The number of hydrogen-bond acceptors (Lipinski definition) is 6. The number of halogens is 2. The van der Waals surface area contributed by atoms with Crippen LogP contribution in [0.1, 0.15) is 86.9 Å². The van der Waals surface area contributed by atoms with Crippen molar-refractivity contribution in [2.24, 2.45) is 11.8 Å². The fraction of sp³-hybridized carbons (Fsp3) is 0.720. The van der Waals surface area contributed by atoms with Crippen LogP contribution in [0.15, 0.2) is 21.4 Å². The number of nitrogens with zero attached hydrogens (tertiary/aromatic N) is 3. The van der Waals surface area contributed by atoms with Crippen LogP contribution in [0, 0.1) is 18.8 Å². The molecule has 1 aliphatic heterocycles. The molecule has 3 heterocycles. The van der Waals surface area contributed by atoms with E-state index in [0.717, 1.165) is 64.2 Å². The van der Waals surface area contributed by atoms with Crippen molar-refractivity contribution in [2.45, 2.75) is 83.5 Å². The number of aryl methyl sites for hydroxylation is 1. The fourth-order valence-corrected chi connectivity index (χ4v) is 5.48. The van der Waals surface area contributed by atoms with E-state index in [1.54, 1.807) is 0 Å². The maximum Gasteiger partial charge on any atom is 0.275 e. The second-order valence-electron chi connectivity index (χ2n) is 10.1. The molecule has 33 heavy (non-hydrogen) atoms. The summed E-state index contributed by atoms with van der Waals surface area (Å²) in [4.78, 5) is 14.8. The topological polar surface area (TPSA) is 72.4 Å². The summed E-state index contributed by atoms with van der Waals surface area (Å²) in [5, 5.41) is 7.74. The molecule has 0 bridgehead atoms. The van der Waals surface area contributed by atoms with E-state index < -0.39 is 5.92 Å². The van der Waals surface area contributed by atoms with Crippen LogP contribution in [0.5, 0.6) is 0 Å². The molecule has 4 rings (SSSR count). The molecule has 0 spiro atoms.